The van der Waals surface area contributed by atoms with Crippen LogP contribution in [-0.4, -0.2) is 32.3 Å². The molecule has 1 aromatic heterocycles. The van der Waals surface area contributed by atoms with Gasteiger partial charge in [0.1, 0.15) is 0 Å². The molecular formula is C12H21N3OS. The highest BCUT2D eigenvalue weighted by Gasteiger charge is 2.18. The normalized spacial score (nSPS) is 18.4. The Kier molecular flexibility index (Phi) is 4.59. The monoisotopic (exact) mass is 255 g/mol. The van der Waals surface area contributed by atoms with Crippen molar-refractivity contribution in [3.05, 3.63) is 12.4 Å². The molecule has 0 aromatic carbocycles. The fraction of sp³-hybridized carbons (Fsp3) is 0.750. The fourth-order valence-corrected chi connectivity index (χ4v) is 2.95. The van der Waals surface area contributed by atoms with Crippen molar-refractivity contribution in [2.45, 2.75) is 38.1 Å². The van der Waals surface area contributed by atoms with E-state index < -0.39 is 10.8 Å². The van der Waals surface area contributed by atoms with Crippen molar-refractivity contribution >= 4 is 16.7 Å². The summed E-state index contributed by atoms with van der Waals surface area (Å²) >= 11 is 0. The molecule has 1 aliphatic rings. The Morgan fingerprint density at radius 1 is 1.53 bits per heavy atom. The lowest BCUT2D eigenvalue weighted by atomic mass is 10.2. The molecule has 1 aromatic rings. The third kappa shape index (κ3) is 3.56. The van der Waals surface area contributed by atoms with Gasteiger partial charge in [0, 0.05) is 47.8 Å². The zero-order valence-electron chi connectivity index (χ0n) is 10.4. The summed E-state index contributed by atoms with van der Waals surface area (Å²) in [5, 5.41) is 3.34. The topological polar surface area (TPSA) is 46.9 Å². The van der Waals surface area contributed by atoms with Crippen LogP contribution in [0, 0.1) is 0 Å². The van der Waals surface area contributed by atoms with Crippen LogP contribution in [0.25, 0.3) is 0 Å². The summed E-state index contributed by atoms with van der Waals surface area (Å²) in [6.45, 7) is 0.851. The van der Waals surface area contributed by atoms with Crippen molar-refractivity contribution in [1.82, 2.24) is 9.55 Å². The Morgan fingerprint density at radius 2 is 2.29 bits per heavy atom. The maximum Gasteiger partial charge on any atom is 0.203 e. The van der Waals surface area contributed by atoms with Crippen molar-refractivity contribution in [3.8, 4) is 0 Å². The predicted octanol–water partition coefficient (Wildman–Crippen LogP) is 2.18. The van der Waals surface area contributed by atoms with E-state index in [4.69, 9.17) is 0 Å². The number of anilines is 1. The first-order chi connectivity index (χ1) is 8.27. The zero-order valence-corrected chi connectivity index (χ0v) is 11.2. The number of rotatable bonds is 6. The molecule has 1 fully saturated rings. The van der Waals surface area contributed by atoms with Gasteiger partial charge in [-0.3, -0.25) is 4.21 Å². The average Bonchev–Trinajstić information content (AvgIpc) is 2.94. The first kappa shape index (κ1) is 12.6. The molecule has 0 amide bonds. The molecule has 1 N–H and O–H groups in total. The number of hydrogen-bond acceptors (Lipinski definition) is 3. The second-order valence-electron chi connectivity index (χ2n) is 4.65. The summed E-state index contributed by atoms with van der Waals surface area (Å²) in [6, 6.07) is 0.625. The molecule has 1 unspecified atom stereocenters. The summed E-state index contributed by atoms with van der Waals surface area (Å²) in [7, 11) is -0.688. The van der Waals surface area contributed by atoms with E-state index in [2.05, 4.69) is 21.1 Å². The van der Waals surface area contributed by atoms with Crippen molar-refractivity contribution in [2.24, 2.45) is 0 Å². The lowest BCUT2D eigenvalue weighted by molar-refractivity contribution is 0.523. The van der Waals surface area contributed by atoms with E-state index in [0.29, 0.717) is 6.04 Å². The first-order valence-electron chi connectivity index (χ1n) is 6.34. The van der Waals surface area contributed by atoms with E-state index in [9.17, 15) is 4.21 Å². The van der Waals surface area contributed by atoms with Gasteiger partial charge in [-0.25, -0.2) is 4.98 Å². The highest BCUT2D eigenvalue weighted by Crippen LogP contribution is 2.31. The van der Waals surface area contributed by atoms with E-state index in [1.807, 2.05) is 6.20 Å². The van der Waals surface area contributed by atoms with E-state index in [-0.39, 0.29) is 0 Å². The molecule has 1 heterocycles. The van der Waals surface area contributed by atoms with Gasteiger partial charge in [-0.05, 0) is 19.3 Å². The zero-order chi connectivity index (χ0) is 12.1. The summed E-state index contributed by atoms with van der Waals surface area (Å²) in [6.07, 6.45) is 11.8. The van der Waals surface area contributed by atoms with E-state index in [1.165, 1.54) is 25.7 Å². The Balaban J connectivity index is 1.83. The van der Waals surface area contributed by atoms with Crippen LogP contribution in [0.15, 0.2) is 12.4 Å². The van der Waals surface area contributed by atoms with Gasteiger partial charge in [0.05, 0.1) is 0 Å². The molecule has 1 saturated carbocycles. The number of hydrogen-bond donors (Lipinski definition) is 1. The van der Waals surface area contributed by atoms with Crippen molar-refractivity contribution < 1.29 is 4.21 Å². The van der Waals surface area contributed by atoms with Gasteiger partial charge in [0.2, 0.25) is 5.95 Å². The summed E-state index contributed by atoms with van der Waals surface area (Å²) in [5.41, 5.74) is 0. The van der Waals surface area contributed by atoms with E-state index in [0.717, 1.165) is 24.7 Å². The smallest absolute Gasteiger partial charge is 0.203 e. The maximum atomic E-state index is 10.9. The number of imidazole rings is 1. The second kappa shape index (κ2) is 6.19. The summed E-state index contributed by atoms with van der Waals surface area (Å²) in [4.78, 5) is 4.35. The highest BCUT2D eigenvalue weighted by atomic mass is 32.2. The minimum atomic E-state index is -0.688. The van der Waals surface area contributed by atoms with Crippen LogP contribution in [0.2, 0.25) is 0 Å². The molecule has 0 saturated heterocycles. The highest BCUT2D eigenvalue weighted by molar-refractivity contribution is 7.84. The molecule has 0 bridgehead atoms. The van der Waals surface area contributed by atoms with Crippen molar-refractivity contribution in [2.75, 3.05) is 23.9 Å². The van der Waals surface area contributed by atoms with Gasteiger partial charge in [-0.1, -0.05) is 12.8 Å². The largest absolute Gasteiger partial charge is 0.356 e. The SMILES string of the molecule is CS(=O)CCCNc1nccn1C1CCCC1. The molecule has 0 spiro atoms. The van der Waals surface area contributed by atoms with Crippen LogP contribution in [-0.2, 0) is 10.8 Å². The molecule has 0 radical (unpaired) electrons. The Hall–Kier alpha value is -0.840. The van der Waals surface area contributed by atoms with Crippen LogP contribution < -0.4 is 5.32 Å². The van der Waals surface area contributed by atoms with Gasteiger partial charge in [-0.2, -0.15) is 0 Å². The Labute approximate surface area is 105 Å². The predicted molar refractivity (Wildman–Crippen MR) is 71.8 cm³/mol. The standard InChI is InChI=1S/C12H21N3OS/c1-17(16)10-4-7-13-12-14-8-9-15(12)11-5-2-3-6-11/h8-9,11H,2-7,10H2,1H3,(H,13,14). The summed E-state index contributed by atoms with van der Waals surface area (Å²) < 4.78 is 13.2. The minimum absolute atomic E-state index is 0.625. The third-order valence-electron chi connectivity index (χ3n) is 3.28. The van der Waals surface area contributed by atoms with Gasteiger partial charge in [0.15, 0.2) is 0 Å². The van der Waals surface area contributed by atoms with E-state index >= 15 is 0 Å². The third-order valence-corrected chi connectivity index (χ3v) is 4.14. The van der Waals surface area contributed by atoms with Gasteiger partial charge < -0.3 is 9.88 Å². The van der Waals surface area contributed by atoms with Crippen molar-refractivity contribution in [1.29, 1.82) is 0 Å². The Bertz CT molecular complexity index is 372. The summed E-state index contributed by atoms with van der Waals surface area (Å²) in [5.74, 6) is 1.73. The molecule has 17 heavy (non-hydrogen) atoms. The maximum absolute atomic E-state index is 10.9. The van der Waals surface area contributed by atoms with Gasteiger partial charge in [0.25, 0.3) is 0 Å². The van der Waals surface area contributed by atoms with Crippen molar-refractivity contribution in [3.63, 3.8) is 0 Å². The minimum Gasteiger partial charge on any atom is -0.356 e. The lowest BCUT2D eigenvalue weighted by Gasteiger charge is -2.15. The quantitative estimate of drug-likeness (QED) is 0.793. The molecule has 1 atom stereocenters. The molecule has 1 aliphatic carbocycles. The van der Waals surface area contributed by atoms with Gasteiger partial charge in [-0.15, -0.1) is 0 Å². The first-order valence-corrected chi connectivity index (χ1v) is 8.07. The Morgan fingerprint density at radius 3 is 3.00 bits per heavy atom. The van der Waals surface area contributed by atoms with Crippen LogP contribution in [0.1, 0.15) is 38.1 Å². The van der Waals surface area contributed by atoms with Crippen LogP contribution in [0.3, 0.4) is 0 Å². The number of nitrogens with one attached hydrogen (secondary N) is 1. The van der Waals surface area contributed by atoms with Crippen LogP contribution in [0.4, 0.5) is 5.95 Å². The molecule has 5 heteroatoms. The average molecular weight is 255 g/mol. The fourth-order valence-electron chi connectivity index (χ4n) is 2.40. The molecular weight excluding hydrogens is 234 g/mol. The number of nitrogens with zero attached hydrogens (tertiary/aromatic N) is 2. The van der Waals surface area contributed by atoms with Crippen LogP contribution in [0.5, 0.6) is 0 Å². The molecule has 96 valence electrons. The van der Waals surface area contributed by atoms with Gasteiger partial charge >= 0.3 is 0 Å². The number of aromatic nitrogens is 2. The van der Waals surface area contributed by atoms with E-state index in [1.54, 1.807) is 6.26 Å². The lowest BCUT2D eigenvalue weighted by Crippen LogP contribution is -2.13. The molecule has 4 nitrogen and oxygen atoms in total. The second-order valence-corrected chi connectivity index (χ2v) is 6.21. The van der Waals surface area contributed by atoms with Crippen LogP contribution >= 0.6 is 0 Å². The molecule has 0 aliphatic heterocycles. The molecule has 2 rings (SSSR count).